The zero-order valence-electron chi connectivity index (χ0n) is 14.5. The summed E-state index contributed by atoms with van der Waals surface area (Å²) in [5.41, 5.74) is 1.25. The molecular formula is C18H26N4O. The summed E-state index contributed by atoms with van der Waals surface area (Å²) in [4.78, 5) is 11.0. The summed E-state index contributed by atoms with van der Waals surface area (Å²) in [5.74, 6) is 4.31. The first-order valence-electron chi connectivity index (χ1n) is 8.54. The van der Waals surface area contributed by atoms with Gasteiger partial charge in [-0.25, -0.2) is 9.97 Å². The Bertz CT molecular complexity index is 627. The molecule has 0 aromatic carbocycles. The maximum atomic E-state index is 5.55. The highest BCUT2D eigenvalue weighted by Crippen LogP contribution is 2.31. The number of piperidine rings is 1. The van der Waals surface area contributed by atoms with Gasteiger partial charge in [-0.2, -0.15) is 0 Å². The standard InChI is InChI=1S/C18H26N4O/c1-12(2)13(3)17-9-18(21-23-17)22-7-5-15(6-8-22)16-10-19-14(4)20-11-16/h9-13,15H,5-8H2,1-4H3. The van der Waals surface area contributed by atoms with Crippen LogP contribution in [0.5, 0.6) is 0 Å². The Kier molecular flexibility index (Phi) is 4.64. The van der Waals surface area contributed by atoms with Crippen molar-refractivity contribution in [3.63, 3.8) is 0 Å². The Hall–Kier alpha value is -1.91. The highest BCUT2D eigenvalue weighted by atomic mass is 16.5. The van der Waals surface area contributed by atoms with Crippen molar-refractivity contribution in [3.05, 3.63) is 35.6 Å². The van der Waals surface area contributed by atoms with Crippen molar-refractivity contribution >= 4 is 5.82 Å². The molecule has 2 aromatic heterocycles. The molecule has 1 unspecified atom stereocenters. The normalized spacial score (nSPS) is 17.7. The van der Waals surface area contributed by atoms with Crippen molar-refractivity contribution in [1.82, 2.24) is 15.1 Å². The van der Waals surface area contributed by atoms with Crippen molar-refractivity contribution in [2.24, 2.45) is 5.92 Å². The number of hydrogen-bond donors (Lipinski definition) is 0. The van der Waals surface area contributed by atoms with E-state index in [0.29, 0.717) is 17.8 Å². The molecule has 1 aliphatic heterocycles. The topological polar surface area (TPSA) is 55.1 Å². The summed E-state index contributed by atoms with van der Waals surface area (Å²) in [7, 11) is 0. The fourth-order valence-corrected chi connectivity index (χ4v) is 3.03. The van der Waals surface area contributed by atoms with Gasteiger partial charge in [0.05, 0.1) is 0 Å². The van der Waals surface area contributed by atoms with E-state index in [2.05, 4.69) is 46.9 Å². The Morgan fingerprint density at radius 3 is 2.39 bits per heavy atom. The van der Waals surface area contributed by atoms with Gasteiger partial charge in [-0.15, -0.1) is 0 Å². The van der Waals surface area contributed by atoms with Crippen LogP contribution in [0, 0.1) is 12.8 Å². The number of anilines is 1. The van der Waals surface area contributed by atoms with Crippen LogP contribution in [-0.2, 0) is 0 Å². The molecule has 124 valence electrons. The van der Waals surface area contributed by atoms with Crippen LogP contribution in [0.4, 0.5) is 5.82 Å². The van der Waals surface area contributed by atoms with Crippen LogP contribution in [0.1, 0.15) is 62.6 Å². The summed E-state index contributed by atoms with van der Waals surface area (Å²) in [5, 5.41) is 4.28. The van der Waals surface area contributed by atoms with Gasteiger partial charge in [-0.1, -0.05) is 25.9 Å². The van der Waals surface area contributed by atoms with Gasteiger partial charge in [0.25, 0.3) is 0 Å². The van der Waals surface area contributed by atoms with Crippen LogP contribution in [0.15, 0.2) is 23.0 Å². The number of rotatable bonds is 4. The Labute approximate surface area is 138 Å². The SMILES string of the molecule is Cc1ncc(C2CCN(c3cc(C(C)C(C)C)on3)CC2)cn1. The van der Waals surface area contributed by atoms with Crippen molar-refractivity contribution in [2.75, 3.05) is 18.0 Å². The largest absolute Gasteiger partial charge is 0.359 e. The molecular weight excluding hydrogens is 288 g/mol. The maximum Gasteiger partial charge on any atom is 0.172 e. The Balaban J connectivity index is 1.62. The zero-order chi connectivity index (χ0) is 16.4. The van der Waals surface area contributed by atoms with Crippen LogP contribution >= 0.6 is 0 Å². The van der Waals surface area contributed by atoms with E-state index in [1.54, 1.807) is 0 Å². The molecule has 0 N–H and O–H groups in total. The minimum absolute atomic E-state index is 0.401. The van der Waals surface area contributed by atoms with Gasteiger partial charge in [-0.3, -0.25) is 0 Å². The molecule has 5 nitrogen and oxygen atoms in total. The van der Waals surface area contributed by atoms with Gasteiger partial charge in [0, 0.05) is 37.5 Å². The molecule has 1 fully saturated rings. The second-order valence-electron chi connectivity index (χ2n) is 6.95. The summed E-state index contributed by atoms with van der Waals surface area (Å²) >= 11 is 0. The molecule has 1 aliphatic rings. The predicted molar refractivity (Wildman–Crippen MR) is 90.7 cm³/mol. The molecule has 1 saturated heterocycles. The smallest absolute Gasteiger partial charge is 0.172 e. The Morgan fingerprint density at radius 1 is 1.13 bits per heavy atom. The predicted octanol–water partition coefficient (Wildman–Crippen LogP) is 3.92. The molecule has 0 spiro atoms. The van der Waals surface area contributed by atoms with Crippen LogP contribution in [-0.4, -0.2) is 28.2 Å². The average Bonchev–Trinajstić information content (AvgIpc) is 3.05. The summed E-state index contributed by atoms with van der Waals surface area (Å²) in [6.45, 7) is 10.5. The molecule has 23 heavy (non-hydrogen) atoms. The molecule has 3 rings (SSSR count). The maximum absolute atomic E-state index is 5.55. The lowest BCUT2D eigenvalue weighted by Crippen LogP contribution is -2.33. The van der Waals surface area contributed by atoms with E-state index in [1.807, 2.05) is 19.3 Å². The van der Waals surface area contributed by atoms with E-state index in [-0.39, 0.29) is 0 Å². The van der Waals surface area contributed by atoms with E-state index in [0.717, 1.165) is 43.3 Å². The van der Waals surface area contributed by atoms with Crippen molar-refractivity contribution in [2.45, 2.75) is 52.4 Å². The molecule has 2 aromatic rings. The molecule has 0 aliphatic carbocycles. The first kappa shape index (κ1) is 16.0. The fraction of sp³-hybridized carbons (Fsp3) is 0.611. The van der Waals surface area contributed by atoms with Gasteiger partial charge < -0.3 is 9.42 Å². The lowest BCUT2D eigenvalue weighted by atomic mass is 9.91. The first-order valence-corrected chi connectivity index (χ1v) is 8.54. The van der Waals surface area contributed by atoms with Gasteiger partial charge in [0.1, 0.15) is 11.6 Å². The van der Waals surface area contributed by atoms with Crippen LogP contribution in [0.2, 0.25) is 0 Å². The van der Waals surface area contributed by atoms with E-state index in [4.69, 9.17) is 4.52 Å². The van der Waals surface area contributed by atoms with E-state index in [9.17, 15) is 0 Å². The van der Waals surface area contributed by atoms with Crippen LogP contribution in [0.3, 0.4) is 0 Å². The zero-order valence-corrected chi connectivity index (χ0v) is 14.5. The monoisotopic (exact) mass is 314 g/mol. The molecule has 1 atom stereocenters. The third-order valence-corrected chi connectivity index (χ3v) is 5.06. The highest BCUT2D eigenvalue weighted by molar-refractivity contribution is 5.39. The summed E-state index contributed by atoms with van der Waals surface area (Å²) < 4.78 is 5.55. The van der Waals surface area contributed by atoms with E-state index >= 15 is 0 Å². The molecule has 3 heterocycles. The summed E-state index contributed by atoms with van der Waals surface area (Å²) in [6, 6.07) is 2.11. The van der Waals surface area contributed by atoms with Gasteiger partial charge in [0.2, 0.25) is 0 Å². The highest BCUT2D eigenvalue weighted by Gasteiger charge is 2.24. The molecule has 0 radical (unpaired) electrons. The first-order chi connectivity index (χ1) is 11.0. The van der Waals surface area contributed by atoms with E-state index in [1.165, 1.54) is 5.56 Å². The second-order valence-corrected chi connectivity index (χ2v) is 6.95. The van der Waals surface area contributed by atoms with E-state index < -0.39 is 0 Å². The summed E-state index contributed by atoms with van der Waals surface area (Å²) in [6.07, 6.45) is 6.16. The van der Waals surface area contributed by atoms with Crippen molar-refractivity contribution < 1.29 is 4.52 Å². The van der Waals surface area contributed by atoms with Crippen molar-refractivity contribution in [1.29, 1.82) is 0 Å². The van der Waals surface area contributed by atoms with Gasteiger partial charge in [0.15, 0.2) is 5.82 Å². The number of nitrogens with zero attached hydrogens (tertiary/aromatic N) is 4. The minimum Gasteiger partial charge on any atom is -0.359 e. The van der Waals surface area contributed by atoms with Crippen molar-refractivity contribution in [3.8, 4) is 0 Å². The average molecular weight is 314 g/mol. The van der Waals surface area contributed by atoms with Crippen LogP contribution in [0.25, 0.3) is 0 Å². The molecule has 0 amide bonds. The third-order valence-electron chi connectivity index (χ3n) is 5.06. The number of hydrogen-bond acceptors (Lipinski definition) is 5. The second kappa shape index (κ2) is 6.69. The lowest BCUT2D eigenvalue weighted by Gasteiger charge is -2.31. The van der Waals surface area contributed by atoms with Crippen LogP contribution < -0.4 is 4.90 Å². The Morgan fingerprint density at radius 2 is 1.78 bits per heavy atom. The van der Waals surface area contributed by atoms with Gasteiger partial charge in [-0.05, 0) is 37.2 Å². The van der Waals surface area contributed by atoms with Gasteiger partial charge >= 0.3 is 0 Å². The quantitative estimate of drug-likeness (QED) is 0.856. The third kappa shape index (κ3) is 3.54. The number of aromatic nitrogens is 3. The molecule has 0 saturated carbocycles. The lowest BCUT2D eigenvalue weighted by molar-refractivity contribution is 0.338. The fourth-order valence-electron chi connectivity index (χ4n) is 3.03. The molecule has 5 heteroatoms. The molecule has 0 bridgehead atoms. The number of aryl methyl sites for hydroxylation is 1. The minimum atomic E-state index is 0.401.